The number of aliphatic hydroxyl groups excluding tert-OH is 3. The number of para-hydroxylation sites is 2. The number of aliphatic hydroxyl groups is 3. The molecule has 1 saturated heterocycles. The van der Waals surface area contributed by atoms with E-state index < -0.39 is 47.6 Å². The molecule has 5 atom stereocenters. The van der Waals surface area contributed by atoms with Crippen LogP contribution in [0.5, 0.6) is 23.0 Å². The molecule has 12 nitrogen and oxygen atoms in total. The molecule has 1 aromatic heterocycles. The summed E-state index contributed by atoms with van der Waals surface area (Å²) < 4.78 is 27.6. The van der Waals surface area contributed by atoms with Crippen LogP contribution in [0.1, 0.15) is 5.56 Å². The standard InChI is InChI=1S/C31H31NO11/c1-39-17-10-8-15(9-11-17)21-14-19(33)24-22(42-21)12-16(29(41-3)26(24)35)13-23-25(34)27(36)28(37)30(43-23)31(38)32-18-6-4-5-7-20(18)40-2/h4-12,14,23,25,27-28,30,34-37H,13H2,1-3H3,(H,32,38). The van der Waals surface area contributed by atoms with Crippen LogP contribution in [0.3, 0.4) is 0 Å². The fourth-order valence-electron chi connectivity index (χ4n) is 5.12. The van der Waals surface area contributed by atoms with Gasteiger partial charge in [-0.1, -0.05) is 12.1 Å². The maximum atomic E-state index is 13.1. The second-order valence-corrected chi connectivity index (χ2v) is 9.95. The van der Waals surface area contributed by atoms with E-state index >= 15 is 0 Å². The highest BCUT2D eigenvalue weighted by atomic mass is 16.5. The van der Waals surface area contributed by atoms with Crippen molar-refractivity contribution in [3.63, 3.8) is 0 Å². The molecule has 1 amide bonds. The Kier molecular flexibility index (Phi) is 8.55. The van der Waals surface area contributed by atoms with Crippen molar-refractivity contribution in [2.45, 2.75) is 36.9 Å². The molecule has 2 heterocycles. The summed E-state index contributed by atoms with van der Waals surface area (Å²) >= 11 is 0. The van der Waals surface area contributed by atoms with Gasteiger partial charge in [-0.05, 0) is 42.5 Å². The molecular weight excluding hydrogens is 562 g/mol. The van der Waals surface area contributed by atoms with Gasteiger partial charge in [-0.3, -0.25) is 9.59 Å². The summed E-state index contributed by atoms with van der Waals surface area (Å²) in [7, 11) is 4.25. The Morgan fingerprint density at radius 1 is 0.907 bits per heavy atom. The van der Waals surface area contributed by atoms with Crippen molar-refractivity contribution in [1.82, 2.24) is 0 Å². The first kappa shape index (κ1) is 29.9. The van der Waals surface area contributed by atoms with Crippen LogP contribution < -0.4 is 25.0 Å². The van der Waals surface area contributed by atoms with E-state index in [1.807, 2.05) is 0 Å². The van der Waals surface area contributed by atoms with E-state index in [1.165, 1.54) is 33.5 Å². The molecule has 0 saturated carbocycles. The van der Waals surface area contributed by atoms with Crippen LogP contribution in [-0.4, -0.2) is 78.2 Å². The molecule has 43 heavy (non-hydrogen) atoms. The smallest absolute Gasteiger partial charge is 0.256 e. The number of anilines is 1. The molecule has 0 radical (unpaired) electrons. The first-order valence-electron chi connectivity index (χ1n) is 13.3. The van der Waals surface area contributed by atoms with E-state index in [0.717, 1.165) is 0 Å². The Morgan fingerprint density at radius 2 is 1.63 bits per heavy atom. The van der Waals surface area contributed by atoms with Gasteiger partial charge < -0.3 is 49.1 Å². The summed E-state index contributed by atoms with van der Waals surface area (Å²) in [5.74, 6) is -0.132. The maximum Gasteiger partial charge on any atom is 0.256 e. The minimum absolute atomic E-state index is 0.0305. The predicted octanol–water partition coefficient (Wildman–Crippen LogP) is 2.22. The number of carbonyl (C=O) groups is 1. The lowest BCUT2D eigenvalue weighted by molar-refractivity contribution is -0.218. The van der Waals surface area contributed by atoms with Gasteiger partial charge >= 0.3 is 0 Å². The normalized spacial score (nSPS) is 21.8. The predicted molar refractivity (Wildman–Crippen MR) is 155 cm³/mol. The van der Waals surface area contributed by atoms with Crippen LogP contribution >= 0.6 is 0 Å². The van der Waals surface area contributed by atoms with Gasteiger partial charge in [0.15, 0.2) is 23.0 Å². The Balaban J connectivity index is 1.48. The van der Waals surface area contributed by atoms with Gasteiger partial charge in [0.1, 0.15) is 46.5 Å². The topological polar surface area (TPSA) is 177 Å². The highest BCUT2D eigenvalue weighted by Gasteiger charge is 2.47. The van der Waals surface area contributed by atoms with Crippen molar-refractivity contribution in [1.29, 1.82) is 0 Å². The molecule has 1 aliphatic heterocycles. The van der Waals surface area contributed by atoms with Crippen molar-refractivity contribution in [3.8, 4) is 34.3 Å². The number of amides is 1. The fourth-order valence-corrected chi connectivity index (χ4v) is 5.12. The summed E-state index contributed by atoms with van der Waals surface area (Å²) in [4.78, 5) is 26.2. The molecule has 0 bridgehead atoms. The highest BCUT2D eigenvalue weighted by Crippen LogP contribution is 2.39. The summed E-state index contributed by atoms with van der Waals surface area (Å²) in [5.41, 5.74) is 0.660. The van der Waals surface area contributed by atoms with E-state index in [2.05, 4.69) is 5.32 Å². The zero-order chi connectivity index (χ0) is 30.8. The Labute approximate surface area is 245 Å². The molecule has 4 aromatic rings. The lowest BCUT2D eigenvalue weighted by Gasteiger charge is -2.40. The van der Waals surface area contributed by atoms with Gasteiger partial charge in [0.25, 0.3) is 5.91 Å². The van der Waals surface area contributed by atoms with Crippen LogP contribution in [0.25, 0.3) is 22.3 Å². The average Bonchev–Trinajstić information content (AvgIpc) is 3.01. The van der Waals surface area contributed by atoms with Crippen LogP contribution in [0.4, 0.5) is 5.69 Å². The van der Waals surface area contributed by atoms with E-state index in [0.29, 0.717) is 22.7 Å². The van der Waals surface area contributed by atoms with Gasteiger partial charge in [0, 0.05) is 23.6 Å². The number of hydrogen-bond acceptors (Lipinski definition) is 11. The molecule has 0 spiro atoms. The number of phenolic OH excluding ortho intramolecular Hbond substituents is 1. The first-order valence-corrected chi connectivity index (χ1v) is 13.3. The zero-order valence-electron chi connectivity index (χ0n) is 23.5. The molecule has 0 aliphatic carbocycles. The van der Waals surface area contributed by atoms with Gasteiger partial charge in [0.05, 0.1) is 33.1 Å². The third-order valence-electron chi connectivity index (χ3n) is 7.36. The summed E-state index contributed by atoms with van der Waals surface area (Å²) in [6, 6.07) is 16.2. The quantitative estimate of drug-likeness (QED) is 0.202. The SMILES string of the molecule is COc1ccc(-c2cc(=O)c3c(O)c(OC)c(CC4OC(C(=O)Nc5ccccc5OC)C(O)C(O)C4O)cc3o2)cc1. The fraction of sp³-hybridized carbons (Fsp3) is 0.290. The molecule has 12 heteroatoms. The van der Waals surface area contributed by atoms with Gasteiger partial charge in [-0.25, -0.2) is 0 Å². The molecule has 226 valence electrons. The number of phenols is 1. The molecule has 5 rings (SSSR count). The van der Waals surface area contributed by atoms with Crippen molar-refractivity contribution < 1.29 is 48.6 Å². The molecule has 5 N–H and O–H groups in total. The molecular formula is C31H31NO11. The van der Waals surface area contributed by atoms with E-state index in [9.17, 15) is 30.0 Å². The largest absolute Gasteiger partial charge is 0.504 e. The second-order valence-electron chi connectivity index (χ2n) is 9.95. The highest BCUT2D eigenvalue weighted by molar-refractivity contribution is 5.96. The number of rotatable bonds is 8. The number of carbonyl (C=O) groups excluding carboxylic acids is 1. The first-order chi connectivity index (χ1) is 20.7. The van der Waals surface area contributed by atoms with Crippen molar-refractivity contribution in [2.75, 3.05) is 26.6 Å². The van der Waals surface area contributed by atoms with Gasteiger partial charge in [-0.2, -0.15) is 0 Å². The average molecular weight is 594 g/mol. The number of fused-ring (bicyclic) bond motifs is 1. The summed E-state index contributed by atoms with van der Waals surface area (Å²) in [5, 5.41) is 45.5. The minimum atomic E-state index is -1.75. The number of methoxy groups -OCH3 is 3. The zero-order valence-corrected chi connectivity index (χ0v) is 23.5. The van der Waals surface area contributed by atoms with E-state index in [-0.39, 0.29) is 34.5 Å². The van der Waals surface area contributed by atoms with E-state index in [1.54, 1.807) is 48.5 Å². The van der Waals surface area contributed by atoms with Crippen LogP contribution in [0, 0.1) is 0 Å². The third kappa shape index (κ3) is 5.73. The number of ether oxygens (including phenoxy) is 4. The van der Waals surface area contributed by atoms with Crippen LogP contribution in [0.15, 0.2) is 69.9 Å². The summed E-state index contributed by atoms with van der Waals surface area (Å²) in [6.07, 6.45) is -8.13. The minimum Gasteiger partial charge on any atom is -0.504 e. The van der Waals surface area contributed by atoms with Gasteiger partial charge in [-0.15, -0.1) is 0 Å². The lowest BCUT2D eigenvalue weighted by atomic mass is 9.90. The molecule has 1 fully saturated rings. The Bertz CT molecular complexity index is 1680. The summed E-state index contributed by atoms with van der Waals surface area (Å²) in [6.45, 7) is 0. The van der Waals surface area contributed by atoms with E-state index in [4.69, 9.17) is 23.4 Å². The van der Waals surface area contributed by atoms with Crippen molar-refractivity contribution in [2.24, 2.45) is 0 Å². The molecule has 5 unspecified atom stereocenters. The molecule has 3 aromatic carbocycles. The number of benzene rings is 3. The number of aromatic hydroxyl groups is 1. The maximum absolute atomic E-state index is 13.1. The van der Waals surface area contributed by atoms with Crippen LogP contribution in [0.2, 0.25) is 0 Å². The van der Waals surface area contributed by atoms with Gasteiger partial charge in [0.2, 0.25) is 0 Å². The Hall–Kier alpha value is -4.62. The third-order valence-corrected chi connectivity index (χ3v) is 7.36. The number of hydrogen-bond donors (Lipinski definition) is 5. The molecule has 1 aliphatic rings. The number of nitrogens with one attached hydrogen (secondary N) is 1. The van der Waals surface area contributed by atoms with Crippen molar-refractivity contribution in [3.05, 3.63) is 76.5 Å². The van der Waals surface area contributed by atoms with Crippen molar-refractivity contribution >= 4 is 22.6 Å². The van der Waals surface area contributed by atoms with Crippen LogP contribution in [-0.2, 0) is 16.0 Å². The lowest BCUT2D eigenvalue weighted by Crippen LogP contribution is -2.61. The Morgan fingerprint density at radius 3 is 2.30 bits per heavy atom. The monoisotopic (exact) mass is 593 g/mol. The second kappa shape index (κ2) is 12.3.